The molecule has 1 heterocycles. The number of amides is 3. The molecule has 0 spiro atoms. The van der Waals surface area contributed by atoms with Gasteiger partial charge in [0.2, 0.25) is 17.7 Å². The van der Waals surface area contributed by atoms with E-state index in [1.54, 1.807) is 18.9 Å². The maximum atomic E-state index is 13.6. The summed E-state index contributed by atoms with van der Waals surface area (Å²) < 4.78 is 0. The molecule has 1 unspecified atom stereocenters. The van der Waals surface area contributed by atoms with E-state index in [0.717, 1.165) is 25.7 Å². The van der Waals surface area contributed by atoms with E-state index in [1.165, 1.54) is 11.1 Å². The monoisotopic (exact) mass is 442 g/mol. The van der Waals surface area contributed by atoms with Gasteiger partial charge in [-0.05, 0) is 70.0 Å². The van der Waals surface area contributed by atoms with E-state index in [1.807, 2.05) is 32.9 Å². The Morgan fingerprint density at radius 1 is 1.12 bits per heavy atom. The minimum Gasteiger partial charge on any atom is -0.347 e. The largest absolute Gasteiger partial charge is 0.347 e. The molecule has 32 heavy (non-hydrogen) atoms. The van der Waals surface area contributed by atoms with Gasteiger partial charge in [0.25, 0.3) is 0 Å². The summed E-state index contributed by atoms with van der Waals surface area (Å²) in [6.07, 6.45) is 4.35. The molecule has 3 rings (SSSR count). The normalized spacial score (nSPS) is 24.6. The molecule has 7 nitrogen and oxygen atoms in total. The zero-order valence-corrected chi connectivity index (χ0v) is 20.0. The summed E-state index contributed by atoms with van der Waals surface area (Å²) in [5.41, 5.74) is 1.55. The molecule has 0 radical (unpaired) electrons. The van der Waals surface area contributed by atoms with E-state index in [0.29, 0.717) is 13.0 Å². The van der Waals surface area contributed by atoms with Gasteiger partial charge in [-0.25, -0.2) is 0 Å². The predicted octanol–water partition coefficient (Wildman–Crippen LogP) is 2.31. The number of likely N-dealkylation sites (N-methyl/N-ethyl adjacent to an activating group) is 1. The standard InChI is InChI=1S/C25H38N4O3/c1-16(2)21(28-22(30)17(3)26-5)23(31)29-15-9-14-25(29,4)24(32)27-20-13-8-11-18-10-6-7-12-19(18)20/h6-7,10,12,16-17,20-21,26H,8-9,11,13-15H2,1-5H3,(H,27,32)(H,28,30)/t17-,20+,21-,25?/m0/s1. The van der Waals surface area contributed by atoms with Crippen molar-refractivity contribution in [1.82, 2.24) is 20.9 Å². The molecule has 7 heteroatoms. The van der Waals surface area contributed by atoms with Crippen molar-refractivity contribution in [2.45, 2.75) is 83.5 Å². The molecule has 2 aliphatic rings. The van der Waals surface area contributed by atoms with Crippen LogP contribution in [0.2, 0.25) is 0 Å². The second-order valence-electron chi connectivity index (χ2n) is 9.73. The second kappa shape index (κ2) is 10.0. The van der Waals surface area contributed by atoms with Crippen LogP contribution < -0.4 is 16.0 Å². The van der Waals surface area contributed by atoms with Gasteiger partial charge in [-0.1, -0.05) is 38.1 Å². The Balaban J connectivity index is 1.77. The number of hydrogen-bond acceptors (Lipinski definition) is 4. The zero-order valence-electron chi connectivity index (χ0n) is 20.0. The third-order valence-corrected chi connectivity index (χ3v) is 7.13. The number of nitrogens with zero attached hydrogens (tertiary/aromatic N) is 1. The van der Waals surface area contributed by atoms with Gasteiger partial charge in [0.15, 0.2) is 0 Å². The summed E-state index contributed by atoms with van der Waals surface area (Å²) in [4.78, 5) is 41.2. The van der Waals surface area contributed by atoms with Gasteiger partial charge >= 0.3 is 0 Å². The summed E-state index contributed by atoms with van der Waals surface area (Å²) in [7, 11) is 1.71. The quantitative estimate of drug-likeness (QED) is 0.604. The van der Waals surface area contributed by atoms with Crippen molar-refractivity contribution >= 4 is 17.7 Å². The highest BCUT2D eigenvalue weighted by molar-refractivity contribution is 5.95. The average Bonchev–Trinajstić information content (AvgIpc) is 3.19. The molecule has 176 valence electrons. The number of nitrogens with one attached hydrogen (secondary N) is 3. The van der Waals surface area contributed by atoms with Gasteiger partial charge in [0.1, 0.15) is 11.6 Å². The minimum atomic E-state index is -0.921. The van der Waals surface area contributed by atoms with E-state index in [4.69, 9.17) is 0 Å². The van der Waals surface area contributed by atoms with Crippen LogP contribution in [-0.2, 0) is 20.8 Å². The highest BCUT2D eigenvalue weighted by Crippen LogP contribution is 2.34. The second-order valence-corrected chi connectivity index (χ2v) is 9.73. The zero-order chi connectivity index (χ0) is 23.5. The van der Waals surface area contributed by atoms with Crippen LogP contribution in [0.4, 0.5) is 0 Å². The van der Waals surface area contributed by atoms with Crippen LogP contribution in [0.3, 0.4) is 0 Å². The van der Waals surface area contributed by atoms with Crippen molar-refractivity contribution in [3.63, 3.8) is 0 Å². The third-order valence-electron chi connectivity index (χ3n) is 7.13. The van der Waals surface area contributed by atoms with E-state index in [2.05, 4.69) is 28.1 Å². The fraction of sp³-hybridized carbons (Fsp3) is 0.640. The van der Waals surface area contributed by atoms with Crippen molar-refractivity contribution in [2.75, 3.05) is 13.6 Å². The molecule has 0 saturated carbocycles. The number of hydrogen-bond donors (Lipinski definition) is 3. The Kier molecular flexibility index (Phi) is 7.59. The Labute approximate surface area is 191 Å². The Bertz CT molecular complexity index is 855. The van der Waals surface area contributed by atoms with E-state index in [9.17, 15) is 14.4 Å². The lowest BCUT2D eigenvalue weighted by atomic mass is 9.86. The lowest BCUT2D eigenvalue weighted by molar-refractivity contribution is -0.147. The average molecular weight is 443 g/mol. The molecule has 3 amide bonds. The first kappa shape index (κ1) is 24.2. The first-order valence-electron chi connectivity index (χ1n) is 11.9. The lowest BCUT2D eigenvalue weighted by Gasteiger charge is -2.39. The summed E-state index contributed by atoms with van der Waals surface area (Å²) in [5.74, 6) is -0.601. The van der Waals surface area contributed by atoms with Crippen LogP contribution in [-0.4, -0.2) is 53.8 Å². The van der Waals surface area contributed by atoms with Crippen molar-refractivity contribution in [2.24, 2.45) is 5.92 Å². The van der Waals surface area contributed by atoms with Crippen molar-refractivity contribution < 1.29 is 14.4 Å². The molecular formula is C25H38N4O3. The molecule has 4 atom stereocenters. The van der Waals surface area contributed by atoms with Crippen molar-refractivity contribution in [3.8, 4) is 0 Å². The highest BCUT2D eigenvalue weighted by atomic mass is 16.2. The molecule has 1 aromatic rings. The van der Waals surface area contributed by atoms with Crippen LogP contribution in [0.5, 0.6) is 0 Å². The lowest BCUT2D eigenvalue weighted by Crippen LogP contribution is -2.61. The molecule has 0 aromatic heterocycles. The number of carbonyl (C=O) groups is 3. The van der Waals surface area contributed by atoms with Gasteiger partial charge in [0.05, 0.1) is 12.1 Å². The summed E-state index contributed by atoms with van der Waals surface area (Å²) in [5, 5.41) is 9.04. The van der Waals surface area contributed by atoms with E-state index >= 15 is 0 Å². The topological polar surface area (TPSA) is 90.5 Å². The number of carbonyl (C=O) groups excluding carboxylic acids is 3. The van der Waals surface area contributed by atoms with Crippen molar-refractivity contribution in [1.29, 1.82) is 0 Å². The Morgan fingerprint density at radius 2 is 1.84 bits per heavy atom. The molecule has 1 aliphatic heterocycles. The van der Waals surface area contributed by atoms with Crippen LogP contribution in [0.25, 0.3) is 0 Å². The summed E-state index contributed by atoms with van der Waals surface area (Å²) >= 11 is 0. The van der Waals surface area contributed by atoms with Gasteiger partial charge in [-0.3, -0.25) is 14.4 Å². The maximum Gasteiger partial charge on any atom is 0.246 e. The van der Waals surface area contributed by atoms with Gasteiger partial charge in [-0.2, -0.15) is 0 Å². The smallest absolute Gasteiger partial charge is 0.246 e. The third kappa shape index (κ3) is 4.82. The van der Waals surface area contributed by atoms with Crippen LogP contribution in [0.1, 0.15) is 70.5 Å². The van der Waals surface area contributed by atoms with Crippen molar-refractivity contribution in [3.05, 3.63) is 35.4 Å². The molecule has 1 fully saturated rings. The fourth-order valence-corrected chi connectivity index (χ4v) is 4.86. The SMILES string of the molecule is CN[C@@H](C)C(=O)N[C@H](C(=O)N1CCCC1(C)C(=O)N[C@@H]1CCCc2ccccc21)C(C)C. The molecule has 3 N–H and O–H groups in total. The molecular weight excluding hydrogens is 404 g/mol. The van der Waals surface area contributed by atoms with Crippen LogP contribution >= 0.6 is 0 Å². The Hall–Kier alpha value is -2.41. The number of likely N-dealkylation sites (tertiary alicyclic amines) is 1. The first-order chi connectivity index (χ1) is 15.2. The van der Waals surface area contributed by atoms with E-state index < -0.39 is 17.6 Å². The van der Waals surface area contributed by atoms with Crippen LogP contribution in [0, 0.1) is 5.92 Å². The first-order valence-corrected chi connectivity index (χ1v) is 11.9. The maximum absolute atomic E-state index is 13.6. The molecule has 1 saturated heterocycles. The van der Waals surface area contributed by atoms with Gasteiger partial charge < -0.3 is 20.9 Å². The highest BCUT2D eigenvalue weighted by Gasteiger charge is 2.48. The number of aryl methyl sites for hydroxylation is 1. The molecule has 1 aromatic carbocycles. The van der Waals surface area contributed by atoms with Gasteiger partial charge in [-0.15, -0.1) is 0 Å². The Morgan fingerprint density at radius 3 is 2.53 bits per heavy atom. The van der Waals surface area contributed by atoms with E-state index in [-0.39, 0.29) is 29.7 Å². The van der Waals surface area contributed by atoms with Gasteiger partial charge in [0, 0.05) is 6.54 Å². The molecule has 1 aliphatic carbocycles. The minimum absolute atomic E-state index is 0.0288. The summed E-state index contributed by atoms with van der Waals surface area (Å²) in [6, 6.07) is 7.17. The molecule has 0 bridgehead atoms. The number of fused-ring (bicyclic) bond motifs is 1. The number of benzene rings is 1. The van der Waals surface area contributed by atoms with Crippen LogP contribution in [0.15, 0.2) is 24.3 Å². The fourth-order valence-electron chi connectivity index (χ4n) is 4.86. The summed E-state index contributed by atoms with van der Waals surface area (Å²) in [6.45, 7) is 7.97. The predicted molar refractivity (Wildman–Crippen MR) is 125 cm³/mol. The number of rotatable bonds is 7.